The summed E-state index contributed by atoms with van der Waals surface area (Å²) in [5.41, 5.74) is 1.56. The Kier molecular flexibility index (Phi) is 8.25. The number of carboxylic acids is 1. The van der Waals surface area contributed by atoms with E-state index in [2.05, 4.69) is 5.10 Å². The van der Waals surface area contributed by atoms with Gasteiger partial charge in [0.1, 0.15) is 24.3 Å². The van der Waals surface area contributed by atoms with Gasteiger partial charge in [0, 0.05) is 18.2 Å². The standard InChI is InChI=1S/C28H29ClFN3O7S/c1-17(27-21(29)3-2-4-22(27)30)13-18-5-9-24-23(14-18)33(15-20(40-24)8-10-26(35)36)41(37,38)25-16-32(19-6-7-19)31-28(25)39-12-11-34/h2-5,9,13-14,16,19-20,34H,6-8,10-12,15H2,1H3,(H,35,36)/t20-/m0/s1. The third-order valence-corrected chi connectivity index (χ3v) is 8.90. The van der Waals surface area contributed by atoms with E-state index in [0.717, 1.165) is 12.8 Å². The molecular weight excluding hydrogens is 577 g/mol. The van der Waals surface area contributed by atoms with Crippen molar-refractivity contribution in [3.63, 3.8) is 0 Å². The van der Waals surface area contributed by atoms with Gasteiger partial charge in [-0.15, -0.1) is 5.10 Å². The maximum Gasteiger partial charge on any atom is 0.303 e. The molecular formula is C28H29ClFN3O7S. The van der Waals surface area contributed by atoms with Gasteiger partial charge in [-0.05, 0) is 61.6 Å². The second-order valence-electron chi connectivity index (χ2n) is 9.94. The van der Waals surface area contributed by atoms with E-state index in [1.165, 1.54) is 22.6 Å². The minimum Gasteiger partial charge on any atom is -0.486 e. The van der Waals surface area contributed by atoms with Crippen molar-refractivity contribution in [3.8, 4) is 11.6 Å². The summed E-state index contributed by atoms with van der Waals surface area (Å²) in [4.78, 5) is 11.1. The van der Waals surface area contributed by atoms with Crippen LogP contribution in [0.1, 0.15) is 49.8 Å². The van der Waals surface area contributed by atoms with E-state index in [9.17, 15) is 27.8 Å². The SMILES string of the molecule is CC(=Cc1ccc2c(c1)N(S(=O)(=O)c1cn(C3CC3)nc1OCCO)C[C@H](CCC(=O)O)O2)c1c(F)cccc1Cl. The van der Waals surface area contributed by atoms with Crippen LogP contribution in [0, 0.1) is 5.82 Å². The monoisotopic (exact) mass is 605 g/mol. The fourth-order valence-electron chi connectivity index (χ4n) is 4.70. The van der Waals surface area contributed by atoms with Gasteiger partial charge in [-0.25, -0.2) is 12.8 Å². The molecule has 0 unspecified atom stereocenters. The van der Waals surface area contributed by atoms with Gasteiger partial charge in [-0.2, -0.15) is 0 Å². The molecule has 0 saturated heterocycles. The lowest BCUT2D eigenvalue weighted by atomic mass is 10.0. The Hall–Kier alpha value is -3.61. The van der Waals surface area contributed by atoms with Crippen LogP contribution in [-0.2, 0) is 14.8 Å². The largest absolute Gasteiger partial charge is 0.486 e. The number of aliphatic carboxylic acids is 1. The molecule has 1 saturated carbocycles. The molecule has 1 aromatic heterocycles. The highest BCUT2D eigenvalue weighted by Crippen LogP contribution is 2.42. The summed E-state index contributed by atoms with van der Waals surface area (Å²) >= 11 is 6.24. The average molecular weight is 606 g/mol. The third-order valence-electron chi connectivity index (χ3n) is 6.82. The summed E-state index contributed by atoms with van der Waals surface area (Å²) in [7, 11) is -4.29. The molecule has 13 heteroatoms. The van der Waals surface area contributed by atoms with E-state index >= 15 is 0 Å². The van der Waals surface area contributed by atoms with Crippen molar-refractivity contribution >= 4 is 44.9 Å². The number of hydrogen-bond donors (Lipinski definition) is 2. The first-order valence-corrected chi connectivity index (χ1v) is 14.9. The Bertz CT molecular complexity index is 1580. The molecule has 1 atom stereocenters. The smallest absolute Gasteiger partial charge is 0.303 e. The van der Waals surface area contributed by atoms with E-state index < -0.39 is 27.9 Å². The molecule has 10 nitrogen and oxygen atoms in total. The van der Waals surface area contributed by atoms with Crippen LogP contribution in [0.15, 0.2) is 47.5 Å². The first-order valence-electron chi connectivity index (χ1n) is 13.1. The van der Waals surface area contributed by atoms with Gasteiger partial charge in [0.2, 0.25) is 0 Å². The van der Waals surface area contributed by atoms with Crippen molar-refractivity contribution in [2.24, 2.45) is 0 Å². The van der Waals surface area contributed by atoms with E-state index in [-0.39, 0.29) is 71.4 Å². The Morgan fingerprint density at radius 2 is 2.07 bits per heavy atom. The number of ether oxygens (including phenoxy) is 2. The highest BCUT2D eigenvalue weighted by atomic mass is 35.5. The zero-order chi connectivity index (χ0) is 29.3. The summed E-state index contributed by atoms with van der Waals surface area (Å²) in [5, 5.41) is 23.0. The van der Waals surface area contributed by atoms with Crippen molar-refractivity contribution in [1.82, 2.24) is 9.78 Å². The molecule has 1 fully saturated rings. The molecule has 0 amide bonds. The number of aliphatic hydroxyl groups is 1. The summed E-state index contributed by atoms with van der Waals surface area (Å²) < 4.78 is 57.2. The number of halogens is 2. The van der Waals surface area contributed by atoms with E-state index in [1.54, 1.807) is 41.9 Å². The van der Waals surface area contributed by atoms with Gasteiger partial charge >= 0.3 is 5.97 Å². The molecule has 1 aliphatic carbocycles. The van der Waals surface area contributed by atoms with Gasteiger partial charge < -0.3 is 19.7 Å². The van der Waals surface area contributed by atoms with Crippen LogP contribution in [0.5, 0.6) is 11.6 Å². The van der Waals surface area contributed by atoms with Crippen LogP contribution in [0.3, 0.4) is 0 Å². The first-order chi connectivity index (χ1) is 19.6. The van der Waals surface area contributed by atoms with Crippen LogP contribution in [0.4, 0.5) is 10.1 Å². The number of fused-ring (bicyclic) bond motifs is 1. The predicted octanol–water partition coefficient (Wildman–Crippen LogP) is 4.76. The van der Waals surface area contributed by atoms with Crippen molar-refractivity contribution in [3.05, 3.63) is 64.6 Å². The van der Waals surface area contributed by atoms with Crippen LogP contribution in [0.2, 0.25) is 5.02 Å². The maximum absolute atomic E-state index is 14.5. The van der Waals surface area contributed by atoms with Crippen LogP contribution >= 0.6 is 11.6 Å². The Morgan fingerprint density at radius 1 is 1.29 bits per heavy atom. The number of sulfonamides is 1. The Morgan fingerprint density at radius 3 is 2.76 bits per heavy atom. The summed E-state index contributed by atoms with van der Waals surface area (Å²) in [6, 6.07) is 9.38. The summed E-state index contributed by atoms with van der Waals surface area (Å²) in [5.74, 6) is -1.38. The number of hydrogen-bond acceptors (Lipinski definition) is 7. The molecule has 2 aromatic carbocycles. The van der Waals surface area contributed by atoms with E-state index in [0.29, 0.717) is 11.1 Å². The number of carbonyl (C=O) groups is 1. The number of carboxylic acid groups (broad SMARTS) is 1. The molecule has 3 aromatic rings. The number of benzene rings is 2. The van der Waals surface area contributed by atoms with Crippen LogP contribution in [0.25, 0.3) is 11.6 Å². The molecule has 218 valence electrons. The zero-order valence-electron chi connectivity index (χ0n) is 22.2. The van der Waals surface area contributed by atoms with Crippen LogP contribution < -0.4 is 13.8 Å². The molecule has 0 bridgehead atoms. The highest BCUT2D eigenvalue weighted by molar-refractivity contribution is 7.93. The molecule has 5 rings (SSSR count). The number of anilines is 1. The lowest BCUT2D eigenvalue weighted by molar-refractivity contribution is -0.137. The topological polar surface area (TPSA) is 131 Å². The molecule has 1 aliphatic heterocycles. The van der Waals surface area contributed by atoms with Crippen molar-refractivity contribution in [1.29, 1.82) is 0 Å². The van der Waals surface area contributed by atoms with Gasteiger partial charge in [-0.3, -0.25) is 13.8 Å². The fourth-order valence-corrected chi connectivity index (χ4v) is 6.58. The van der Waals surface area contributed by atoms with Gasteiger partial charge in [0.15, 0.2) is 4.90 Å². The van der Waals surface area contributed by atoms with E-state index in [1.807, 2.05) is 0 Å². The van der Waals surface area contributed by atoms with Crippen LogP contribution in [-0.4, -0.2) is 60.2 Å². The Balaban J connectivity index is 1.57. The van der Waals surface area contributed by atoms with Crippen molar-refractivity contribution in [2.75, 3.05) is 24.1 Å². The normalized spacial score (nSPS) is 17.2. The summed E-state index contributed by atoms with van der Waals surface area (Å²) in [6.45, 7) is 1.09. The molecule has 2 aliphatic rings. The minimum absolute atomic E-state index is 0.0700. The molecule has 2 N–H and O–H groups in total. The molecule has 2 heterocycles. The van der Waals surface area contributed by atoms with Crippen molar-refractivity contribution < 1.29 is 37.3 Å². The molecule has 41 heavy (non-hydrogen) atoms. The van der Waals surface area contributed by atoms with E-state index in [4.69, 9.17) is 21.1 Å². The molecule has 0 spiro atoms. The number of nitrogens with zero attached hydrogens (tertiary/aromatic N) is 3. The maximum atomic E-state index is 14.5. The number of aromatic nitrogens is 2. The quantitative estimate of drug-likeness (QED) is 0.299. The summed E-state index contributed by atoms with van der Waals surface area (Å²) in [6.07, 6.45) is 3.99. The predicted molar refractivity (Wildman–Crippen MR) is 150 cm³/mol. The van der Waals surface area contributed by atoms with Gasteiger partial charge in [0.25, 0.3) is 15.9 Å². The van der Waals surface area contributed by atoms with Crippen molar-refractivity contribution in [2.45, 2.75) is 49.6 Å². The van der Waals surface area contributed by atoms with Gasteiger partial charge in [-0.1, -0.05) is 29.8 Å². The number of allylic oxidation sites excluding steroid dienone is 1. The highest BCUT2D eigenvalue weighted by Gasteiger charge is 2.39. The number of aliphatic hydroxyl groups excluding tert-OH is 1. The molecule has 0 radical (unpaired) electrons. The average Bonchev–Trinajstić information content (AvgIpc) is 3.68. The zero-order valence-corrected chi connectivity index (χ0v) is 23.7. The lowest BCUT2D eigenvalue weighted by Gasteiger charge is -2.35. The van der Waals surface area contributed by atoms with Gasteiger partial charge in [0.05, 0.1) is 29.9 Å². The first kappa shape index (κ1) is 28.9. The third kappa shape index (κ3) is 6.19. The second-order valence-corrected chi connectivity index (χ2v) is 12.2. The fraction of sp³-hybridized carbons (Fsp3) is 0.357. The minimum atomic E-state index is -4.29. The number of rotatable bonds is 11. The lowest BCUT2D eigenvalue weighted by Crippen LogP contribution is -2.43. The second kappa shape index (κ2) is 11.7. The Labute approximate surface area is 241 Å².